The number of nitrogens with zero attached hydrogens (tertiary/aromatic N) is 2. The molecule has 1 aliphatic rings. The molecule has 0 radical (unpaired) electrons. The Kier molecular flexibility index (Phi) is 4.63. The lowest BCUT2D eigenvalue weighted by Gasteiger charge is -2.23. The van der Waals surface area contributed by atoms with E-state index in [0.717, 1.165) is 47.8 Å². The lowest BCUT2D eigenvalue weighted by atomic mass is 10.0. The van der Waals surface area contributed by atoms with Gasteiger partial charge in [-0.1, -0.05) is 36.4 Å². The van der Waals surface area contributed by atoms with Crippen LogP contribution in [0.2, 0.25) is 0 Å². The molecule has 0 atom stereocenters. The van der Waals surface area contributed by atoms with Gasteiger partial charge in [-0.2, -0.15) is 5.10 Å². The summed E-state index contributed by atoms with van der Waals surface area (Å²) in [5.41, 5.74) is 5.50. The number of aromatic nitrogens is 2. The van der Waals surface area contributed by atoms with Gasteiger partial charge < -0.3 is 14.4 Å². The standard InChI is InChI=1S/C21H23N3O2/c1-24-12-11-18-17(13-24)20(23-22-18)16-9-6-10-19(25-2)21(16)26-14-15-7-4-3-5-8-15/h3-10H,11-14H2,1-2H3,(H,22,23). The number of methoxy groups -OCH3 is 1. The predicted octanol–water partition coefficient (Wildman–Crippen LogP) is 3.65. The van der Waals surface area contributed by atoms with E-state index in [1.165, 1.54) is 11.3 Å². The normalized spacial score (nSPS) is 14.1. The Balaban J connectivity index is 1.72. The summed E-state index contributed by atoms with van der Waals surface area (Å²) in [7, 11) is 3.81. The third kappa shape index (κ3) is 3.18. The average Bonchev–Trinajstić information content (AvgIpc) is 3.09. The van der Waals surface area contributed by atoms with Crippen molar-refractivity contribution in [2.75, 3.05) is 20.7 Å². The number of aromatic amines is 1. The van der Waals surface area contributed by atoms with Crippen LogP contribution in [0.25, 0.3) is 11.3 Å². The number of para-hydroxylation sites is 1. The summed E-state index contributed by atoms with van der Waals surface area (Å²) in [5, 5.41) is 7.82. The highest BCUT2D eigenvalue weighted by Crippen LogP contribution is 2.40. The molecule has 0 saturated heterocycles. The Hall–Kier alpha value is -2.79. The minimum atomic E-state index is 0.487. The molecule has 5 heteroatoms. The quantitative estimate of drug-likeness (QED) is 0.764. The number of ether oxygens (including phenoxy) is 2. The van der Waals surface area contributed by atoms with Crippen LogP contribution in [0.3, 0.4) is 0 Å². The van der Waals surface area contributed by atoms with Crippen LogP contribution in [0.15, 0.2) is 48.5 Å². The summed E-state index contributed by atoms with van der Waals surface area (Å²) in [5.74, 6) is 1.46. The Bertz CT molecular complexity index is 890. The van der Waals surface area contributed by atoms with Gasteiger partial charge in [-0.15, -0.1) is 0 Å². The number of benzene rings is 2. The zero-order valence-electron chi connectivity index (χ0n) is 15.2. The highest BCUT2D eigenvalue weighted by molar-refractivity contribution is 5.74. The second-order valence-corrected chi connectivity index (χ2v) is 6.63. The van der Waals surface area contributed by atoms with Crippen molar-refractivity contribution in [2.24, 2.45) is 0 Å². The van der Waals surface area contributed by atoms with Crippen molar-refractivity contribution in [1.29, 1.82) is 0 Å². The number of nitrogens with one attached hydrogen (secondary N) is 1. The van der Waals surface area contributed by atoms with E-state index in [0.29, 0.717) is 6.61 Å². The first-order valence-corrected chi connectivity index (χ1v) is 8.85. The highest BCUT2D eigenvalue weighted by Gasteiger charge is 2.24. The second kappa shape index (κ2) is 7.22. The van der Waals surface area contributed by atoms with Crippen molar-refractivity contribution in [3.05, 3.63) is 65.4 Å². The van der Waals surface area contributed by atoms with Crippen LogP contribution in [0.1, 0.15) is 16.8 Å². The molecule has 1 aromatic heterocycles. The maximum Gasteiger partial charge on any atom is 0.171 e. The third-order valence-corrected chi connectivity index (χ3v) is 4.80. The number of likely N-dealkylation sites (N-methyl/N-ethyl adjacent to an activating group) is 1. The van der Waals surface area contributed by atoms with Crippen molar-refractivity contribution in [1.82, 2.24) is 15.1 Å². The number of rotatable bonds is 5. The zero-order chi connectivity index (χ0) is 17.9. The molecule has 0 saturated carbocycles. The Labute approximate surface area is 153 Å². The molecule has 2 heterocycles. The van der Waals surface area contributed by atoms with Gasteiger partial charge in [0.1, 0.15) is 12.3 Å². The Morgan fingerprint density at radius 2 is 1.96 bits per heavy atom. The van der Waals surface area contributed by atoms with E-state index in [1.54, 1.807) is 7.11 Å². The van der Waals surface area contributed by atoms with Crippen molar-refractivity contribution in [2.45, 2.75) is 19.6 Å². The number of hydrogen-bond acceptors (Lipinski definition) is 4. The molecule has 0 spiro atoms. The fraction of sp³-hybridized carbons (Fsp3) is 0.286. The van der Waals surface area contributed by atoms with Crippen LogP contribution in [0.5, 0.6) is 11.5 Å². The zero-order valence-corrected chi connectivity index (χ0v) is 15.2. The maximum absolute atomic E-state index is 6.19. The lowest BCUT2D eigenvalue weighted by Crippen LogP contribution is -2.26. The summed E-state index contributed by atoms with van der Waals surface area (Å²) < 4.78 is 11.8. The van der Waals surface area contributed by atoms with Crippen LogP contribution in [0.4, 0.5) is 0 Å². The molecule has 4 rings (SSSR count). The Morgan fingerprint density at radius 1 is 1.12 bits per heavy atom. The molecule has 26 heavy (non-hydrogen) atoms. The minimum Gasteiger partial charge on any atom is -0.493 e. The van der Waals surface area contributed by atoms with Crippen molar-refractivity contribution in [3.8, 4) is 22.8 Å². The first-order valence-electron chi connectivity index (χ1n) is 8.85. The van der Waals surface area contributed by atoms with E-state index in [2.05, 4.69) is 34.3 Å². The van der Waals surface area contributed by atoms with Crippen molar-refractivity contribution >= 4 is 0 Å². The molecule has 0 aliphatic carbocycles. The average molecular weight is 349 g/mol. The largest absolute Gasteiger partial charge is 0.493 e. The van der Waals surface area contributed by atoms with Crippen LogP contribution in [0, 0.1) is 0 Å². The molecule has 0 bridgehead atoms. The van der Waals surface area contributed by atoms with E-state index >= 15 is 0 Å². The van der Waals surface area contributed by atoms with E-state index in [1.807, 2.05) is 36.4 Å². The molecular formula is C21H23N3O2. The molecule has 0 amide bonds. The van der Waals surface area contributed by atoms with Gasteiger partial charge in [-0.05, 0) is 24.7 Å². The summed E-state index contributed by atoms with van der Waals surface area (Å²) in [4.78, 5) is 2.31. The smallest absolute Gasteiger partial charge is 0.171 e. The van der Waals surface area contributed by atoms with Gasteiger partial charge in [-0.25, -0.2) is 0 Å². The van der Waals surface area contributed by atoms with Gasteiger partial charge in [0.05, 0.1) is 7.11 Å². The van der Waals surface area contributed by atoms with Gasteiger partial charge in [0, 0.05) is 36.3 Å². The first kappa shape index (κ1) is 16.7. The lowest BCUT2D eigenvalue weighted by molar-refractivity contribution is 0.285. The fourth-order valence-electron chi connectivity index (χ4n) is 3.39. The maximum atomic E-state index is 6.19. The number of fused-ring (bicyclic) bond motifs is 1. The van der Waals surface area contributed by atoms with Crippen LogP contribution in [-0.4, -0.2) is 35.8 Å². The summed E-state index contributed by atoms with van der Waals surface area (Å²) in [6, 6.07) is 16.1. The topological polar surface area (TPSA) is 50.4 Å². The minimum absolute atomic E-state index is 0.487. The van der Waals surface area contributed by atoms with E-state index in [4.69, 9.17) is 9.47 Å². The molecular weight excluding hydrogens is 326 g/mol. The van der Waals surface area contributed by atoms with Gasteiger partial charge in [0.2, 0.25) is 0 Å². The highest BCUT2D eigenvalue weighted by atomic mass is 16.5. The number of hydrogen-bond donors (Lipinski definition) is 1. The van der Waals surface area contributed by atoms with Gasteiger partial charge in [-0.3, -0.25) is 5.10 Å². The van der Waals surface area contributed by atoms with E-state index in [-0.39, 0.29) is 0 Å². The van der Waals surface area contributed by atoms with Crippen molar-refractivity contribution in [3.63, 3.8) is 0 Å². The SMILES string of the molecule is COc1cccc(-c2n[nH]c3c2CN(C)CC3)c1OCc1ccccc1. The van der Waals surface area contributed by atoms with E-state index < -0.39 is 0 Å². The molecule has 134 valence electrons. The van der Waals surface area contributed by atoms with Gasteiger partial charge >= 0.3 is 0 Å². The summed E-state index contributed by atoms with van der Waals surface area (Å²) in [6.45, 7) is 2.42. The summed E-state index contributed by atoms with van der Waals surface area (Å²) >= 11 is 0. The molecule has 3 aromatic rings. The molecule has 1 N–H and O–H groups in total. The van der Waals surface area contributed by atoms with E-state index in [9.17, 15) is 0 Å². The molecule has 0 unspecified atom stereocenters. The fourth-order valence-corrected chi connectivity index (χ4v) is 3.39. The molecule has 1 aliphatic heterocycles. The predicted molar refractivity (Wildman–Crippen MR) is 101 cm³/mol. The van der Waals surface area contributed by atoms with Crippen LogP contribution in [-0.2, 0) is 19.6 Å². The second-order valence-electron chi connectivity index (χ2n) is 6.63. The van der Waals surface area contributed by atoms with Crippen LogP contribution >= 0.6 is 0 Å². The first-order chi connectivity index (χ1) is 12.8. The third-order valence-electron chi connectivity index (χ3n) is 4.80. The monoisotopic (exact) mass is 349 g/mol. The molecule has 5 nitrogen and oxygen atoms in total. The molecule has 2 aromatic carbocycles. The molecule has 0 fully saturated rings. The van der Waals surface area contributed by atoms with Crippen LogP contribution < -0.4 is 9.47 Å². The van der Waals surface area contributed by atoms with Gasteiger partial charge in [0.25, 0.3) is 0 Å². The number of H-pyrrole nitrogens is 1. The van der Waals surface area contributed by atoms with Gasteiger partial charge in [0.15, 0.2) is 11.5 Å². The Morgan fingerprint density at radius 3 is 2.77 bits per heavy atom. The summed E-state index contributed by atoms with van der Waals surface area (Å²) in [6.07, 6.45) is 0.989. The van der Waals surface area contributed by atoms with Crippen molar-refractivity contribution < 1.29 is 9.47 Å².